The predicted octanol–water partition coefficient (Wildman–Crippen LogP) is 4.59. The molecule has 0 unspecified atom stereocenters. The Morgan fingerprint density at radius 2 is 1.49 bits per heavy atom. The van der Waals surface area contributed by atoms with Gasteiger partial charge in [0, 0.05) is 11.9 Å². The summed E-state index contributed by atoms with van der Waals surface area (Å²) >= 11 is 0. The number of nitrogens with one attached hydrogen (secondary N) is 2. The maximum atomic E-state index is 13.7. The van der Waals surface area contributed by atoms with Gasteiger partial charge in [-0.15, -0.1) is 0 Å². The molecule has 0 spiro atoms. The Labute approximate surface area is 228 Å². The molecule has 0 saturated heterocycles. The van der Waals surface area contributed by atoms with Crippen molar-refractivity contribution in [1.82, 2.24) is 4.98 Å². The van der Waals surface area contributed by atoms with Gasteiger partial charge in [0.25, 0.3) is 20.0 Å². The molecule has 1 amide bonds. The van der Waals surface area contributed by atoms with E-state index in [9.17, 15) is 21.6 Å². The minimum absolute atomic E-state index is 0.00944. The van der Waals surface area contributed by atoms with Crippen LogP contribution in [-0.4, -0.2) is 34.3 Å². The van der Waals surface area contributed by atoms with E-state index in [0.29, 0.717) is 23.5 Å². The van der Waals surface area contributed by atoms with E-state index in [0.717, 1.165) is 15.4 Å². The number of pyridine rings is 1. The molecule has 0 radical (unpaired) electrons. The van der Waals surface area contributed by atoms with Gasteiger partial charge >= 0.3 is 0 Å². The summed E-state index contributed by atoms with van der Waals surface area (Å²) in [6.07, 6.45) is 3.49. The fourth-order valence-electron chi connectivity index (χ4n) is 3.88. The van der Waals surface area contributed by atoms with Crippen molar-refractivity contribution in [3.05, 3.63) is 108 Å². The van der Waals surface area contributed by atoms with Crippen molar-refractivity contribution in [2.45, 2.75) is 30.1 Å². The summed E-state index contributed by atoms with van der Waals surface area (Å²) in [5.41, 5.74) is 2.73. The molecule has 4 aromatic rings. The molecule has 2 N–H and O–H groups in total. The smallest absolute Gasteiger partial charge is 0.264 e. The minimum Gasteiger partial charge on any atom is -0.325 e. The Morgan fingerprint density at radius 3 is 2.13 bits per heavy atom. The Hall–Kier alpha value is -4.22. The largest absolute Gasteiger partial charge is 0.325 e. The van der Waals surface area contributed by atoms with E-state index in [1.54, 1.807) is 36.4 Å². The summed E-state index contributed by atoms with van der Waals surface area (Å²) in [6, 6.07) is 22.2. The normalized spacial score (nSPS) is 11.5. The van der Waals surface area contributed by atoms with E-state index < -0.39 is 32.5 Å². The highest BCUT2D eigenvalue weighted by Crippen LogP contribution is 2.28. The van der Waals surface area contributed by atoms with Gasteiger partial charge in [0.15, 0.2) is 0 Å². The number of anilines is 3. The molecular formula is C28H28N4O5S2. The van der Waals surface area contributed by atoms with Crippen LogP contribution in [0.3, 0.4) is 0 Å². The lowest BCUT2D eigenvalue weighted by atomic mass is 10.1. The monoisotopic (exact) mass is 564 g/mol. The van der Waals surface area contributed by atoms with Crippen LogP contribution < -0.4 is 14.3 Å². The average molecular weight is 565 g/mol. The van der Waals surface area contributed by atoms with Crippen LogP contribution in [0.4, 0.5) is 17.1 Å². The molecule has 39 heavy (non-hydrogen) atoms. The molecule has 0 fully saturated rings. The van der Waals surface area contributed by atoms with Crippen LogP contribution in [0.25, 0.3) is 0 Å². The second-order valence-electron chi connectivity index (χ2n) is 8.73. The molecule has 202 valence electrons. The molecule has 0 atom stereocenters. The fraction of sp³-hybridized carbons (Fsp3) is 0.143. The number of hydrogen-bond donors (Lipinski definition) is 2. The summed E-state index contributed by atoms with van der Waals surface area (Å²) in [7, 11) is -7.93. The summed E-state index contributed by atoms with van der Waals surface area (Å²) < 4.78 is 56.2. The van der Waals surface area contributed by atoms with Crippen molar-refractivity contribution < 1.29 is 21.6 Å². The van der Waals surface area contributed by atoms with Crippen molar-refractivity contribution >= 4 is 43.0 Å². The molecule has 0 bridgehead atoms. The Balaban J connectivity index is 1.56. The second kappa shape index (κ2) is 11.7. The van der Waals surface area contributed by atoms with Crippen molar-refractivity contribution in [2.75, 3.05) is 20.9 Å². The first-order valence-corrected chi connectivity index (χ1v) is 15.0. The molecule has 0 aliphatic rings. The maximum Gasteiger partial charge on any atom is 0.264 e. The van der Waals surface area contributed by atoms with Gasteiger partial charge < -0.3 is 5.32 Å². The van der Waals surface area contributed by atoms with Gasteiger partial charge in [-0.3, -0.25) is 18.8 Å². The van der Waals surface area contributed by atoms with Crippen LogP contribution in [0.2, 0.25) is 0 Å². The van der Waals surface area contributed by atoms with Crippen LogP contribution in [0.1, 0.15) is 18.1 Å². The number of nitrogens with zero attached hydrogens (tertiary/aromatic N) is 2. The molecule has 0 aliphatic heterocycles. The molecule has 0 saturated carbocycles. The lowest BCUT2D eigenvalue weighted by molar-refractivity contribution is -0.114. The third-order valence-electron chi connectivity index (χ3n) is 5.90. The van der Waals surface area contributed by atoms with Crippen LogP contribution in [0, 0.1) is 6.92 Å². The summed E-state index contributed by atoms with van der Waals surface area (Å²) in [5, 5.41) is 2.67. The number of amides is 1. The van der Waals surface area contributed by atoms with Gasteiger partial charge in [-0.2, -0.15) is 0 Å². The van der Waals surface area contributed by atoms with Crippen LogP contribution in [0.5, 0.6) is 0 Å². The van der Waals surface area contributed by atoms with Gasteiger partial charge in [-0.1, -0.05) is 42.8 Å². The summed E-state index contributed by atoms with van der Waals surface area (Å²) in [5.74, 6) is -0.583. The molecule has 3 aromatic carbocycles. The molecule has 4 rings (SSSR count). The molecule has 0 aliphatic carbocycles. The number of carbonyl (C=O) groups is 1. The van der Waals surface area contributed by atoms with E-state index >= 15 is 0 Å². The second-order valence-corrected chi connectivity index (χ2v) is 12.3. The first kappa shape index (κ1) is 27.8. The van der Waals surface area contributed by atoms with Crippen LogP contribution in [-0.2, 0) is 31.3 Å². The Kier molecular flexibility index (Phi) is 8.32. The molecule has 9 nitrogen and oxygen atoms in total. The number of hydrogen-bond acceptors (Lipinski definition) is 6. The minimum atomic E-state index is -4.07. The third-order valence-corrected chi connectivity index (χ3v) is 9.07. The lowest BCUT2D eigenvalue weighted by Crippen LogP contribution is -2.38. The van der Waals surface area contributed by atoms with Crippen molar-refractivity contribution in [3.8, 4) is 0 Å². The summed E-state index contributed by atoms with van der Waals surface area (Å²) in [4.78, 5) is 17.0. The zero-order chi connectivity index (χ0) is 28.0. The lowest BCUT2D eigenvalue weighted by Gasteiger charge is -2.26. The topological polar surface area (TPSA) is 126 Å². The molecule has 1 aromatic heterocycles. The number of benzene rings is 3. The highest BCUT2D eigenvalue weighted by molar-refractivity contribution is 7.93. The molecular weight excluding hydrogens is 536 g/mol. The fourth-order valence-corrected chi connectivity index (χ4v) is 6.38. The van der Waals surface area contributed by atoms with E-state index in [-0.39, 0.29) is 9.79 Å². The quantitative estimate of drug-likeness (QED) is 0.290. The zero-order valence-corrected chi connectivity index (χ0v) is 23.0. The highest BCUT2D eigenvalue weighted by atomic mass is 32.2. The number of para-hydroxylation sites is 1. The van der Waals surface area contributed by atoms with Crippen LogP contribution >= 0.6 is 0 Å². The SMILES string of the molecule is CCc1ccccc1N(CC(=O)Nc1ccc(S(=O)(=O)Nc2cccnc2)cc1)S(=O)(=O)c1ccc(C)cc1. The van der Waals surface area contributed by atoms with Crippen molar-refractivity contribution in [3.63, 3.8) is 0 Å². The average Bonchev–Trinajstić information content (AvgIpc) is 2.92. The van der Waals surface area contributed by atoms with E-state index in [2.05, 4.69) is 15.0 Å². The first-order chi connectivity index (χ1) is 18.6. The highest BCUT2D eigenvalue weighted by Gasteiger charge is 2.28. The maximum absolute atomic E-state index is 13.7. The number of aryl methyl sites for hydroxylation is 2. The van der Waals surface area contributed by atoms with Gasteiger partial charge in [-0.05, 0) is 73.5 Å². The van der Waals surface area contributed by atoms with E-state index in [1.165, 1.54) is 48.8 Å². The van der Waals surface area contributed by atoms with E-state index in [4.69, 9.17) is 0 Å². The Bertz CT molecular complexity index is 1660. The van der Waals surface area contributed by atoms with Crippen LogP contribution in [0.15, 0.2) is 107 Å². The van der Waals surface area contributed by atoms with Gasteiger partial charge in [0.05, 0.1) is 27.4 Å². The molecule has 1 heterocycles. The third kappa shape index (κ3) is 6.62. The van der Waals surface area contributed by atoms with Gasteiger partial charge in [-0.25, -0.2) is 16.8 Å². The first-order valence-electron chi connectivity index (χ1n) is 12.1. The zero-order valence-electron chi connectivity index (χ0n) is 21.4. The summed E-state index contributed by atoms with van der Waals surface area (Å²) in [6.45, 7) is 3.30. The number of rotatable bonds is 10. The number of sulfonamides is 2. The van der Waals surface area contributed by atoms with Crippen molar-refractivity contribution in [2.24, 2.45) is 0 Å². The van der Waals surface area contributed by atoms with E-state index in [1.807, 2.05) is 26.0 Å². The standard InChI is InChI=1S/C28H28N4O5S2/c1-3-22-7-4-5-9-27(22)32(39(36,37)26-14-10-21(2)11-15-26)20-28(33)30-23-12-16-25(17-13-23)38(34,35)31-24-8-6-18-29-19-24/h4-19,31H,3,20H2,1-2H3,(H,30,33). The van der Waals surface area contributed by atoms with Gasteiger partial charge in [0.2, 0.25) is 5.91 Å². The number of carbonyl (C=O) groups excluding carboxylic acids is 1. The van der Waals surface area contributed by atoms with Gasteiger partial charge in [0.1, 0.15) is 6.54 Å². The molecule has 11 heteroatoms. The number of aromatic nitrogens is 1. The predicted molar refractivity (Wildman–Crippen MR) is 152 cm³/mol. The van der Waals surface area contributed by atoms with Crippen molar-refractivity contribution in [1.29, 1.82) is 0 Å². The Morgan fingerprint density at radius 1 is 0.821 bits per heavy atom.